The smallest absolute Gasteiger partial charge is 0.337 e. The summed E-state index contributed by atoms with van der Waals surface area (Å²) < 4.78 is 55.8. The number of aromatic nitrogens is 4. The summed E-state index contributed by atoms with van der Waals surface area (Å²) in [6, 6.07) is 31.1. The van der Waals surface area contributed by atoms with Crippen molar-refractivity contribution in [1.29, 1.82) is 0 Å². The van der Waals surface area contributed by atoms with Crippen LogP contribution in [0, 0.1) is 23.3 Å². The van der Waals surface area contributed by atoms with E-state index < -0.39 is 40.4 Å². The molecule has 10 rings (SSSR count). The third kappa shape index (κ3) is 14.6. The molecule has 80 heavy (non-hydrogen) atoms. The van der Waals surface area contributed by atoms with Crippen molar-refractivity contribution >= 4 is 64.5 Å². The fourth-order valence-electron chi connectivity index (χ4n) is 8.47. The van der Waals surface area contributed by atoms with Gasteiger partial charge in [0, 0.05) is 72.5 Å². The van der Waals surface area contributed by atoms with Crippen molar-refractivity contribution in [2.75, 3.05) is 10.6 Å². The van der Waals surface area contributed by atoms with Crippen molar-refractivity contribution in [3.8, 4) is 0 Å². The molecule has 402 valence electrons. The van der Waals surface area contributed by atoms with Gasteiger partial charge in [0.25, 0.3) is 17.0 Å². The molecule has 4 aromatic carbocycles. The number of carbonyl (C=O) groups excluding carboxylic acids is 4. The Kier molecular flexibility index (Phi) is 18.3. The van der Waals surface area contributed by atoms with Crippen molar-refractivity contribution in [3.63, 3.8) is 0 Å². The quantitative estimate of drug-likeness (QED) is 0.0475. The Balaban J connectivity index is 0.000000184. The lowest BCUT2D eigenvalue weighted by Gasteiger charge is -2.08. The van der Waals surface area contributed by atoms with Crippen LogP contribution in [0.15, 0.2) is 180 Å². The molecule has 0 radical (unpaired) electrons. The van der Waals surface area contributed by atoms with E-state index in [9.17, 15) is 51.1 Å². The number of fused-ring (bicyclic) bond motifs is 2. The molecule has 18 heteroatoms. The minimum atomic E-state index is -0.994. The first-order valence-corrected chi connectivity index (χ1v) is 24.9. The molecule has 2 aliphatic rings. The standard InChI is InChI=1S/C31H23F2N3O3.C25H20F2N2O3.C6H5NO2/c32-26-12-10-22(16-27(26)33)19-36-14-4-7-24(31(36)39)29(37)8-2-1-5-20-9-11-23-25(30(38)35-28(23)17-20)15-21-6-3-13-34-18-21;26-20-10-8-17(12-21(20)27)15-29-11-3-5-19(25(29)32)23(30)6-2-1-4-16-7-9-18-14-24(31)28-22(18)13-16;8-6(9)5-2-1-3-7-4-5/h1,3-7,9-18H,2,8,19H2,(H,35,38);1,3-5,7-13H,2,6,14-15H2,(H,28,31);1-4H,(H,8,9)/b5-1+,25-15+;4-1+;. The van der Waals surface area contributed by atoms with Crippen molar-refractivity contribution < 1.29 is 46.6 Å². The van der Waals surface area contributed by atoms with Crippen LogP contribution in [0.2, 0.25) is 0 Å². The summed E-state index contributed by atoms with van der Waals surface area (Å²) in [5, 5.41) is 14.0. The van der Waals surface area contributed by atoms with Crippen LogP contribution in [0.4, 0.5) is 28.9 Å². The first kappa shape index (κ1) is 56.0. The molecular weight excluding hydrogens is 1030 g/mol. The van der Waals surface area contributed by atoms with Gasteiger partial charge in [-0.1, -0.05) is 66.8 Å². The molecule has 4 aromatic heterocycles. The van der Waals surface area contributed by atoms with E-state index in [1.165, 1.54) is 64.3 Å². The summed E-state index contributed by atoms with van der Waals surface area (Å²) in [7, 11) is 0. The summed E-state index contributed by atoms with van der Waals surface area (Å²) in [4.78, 5) is 92.6. The van der Waals surface area contributed by atoms with E-state index in [1.807, 2.05) is 72.8 Å². The van der Waals surface area contributed by atoms with Gasteiger partial charge < -0.3 is 24.9 Å². The van der Waals surface area contributed by atoms with Crippen molar-refractivity contribution in [2.45, 2.75) is 45.2 Å². The second-order valence-electron chi connectivity index (χ2n) is 18.2. The molecule has 6 heterocycles. The van der Waals surface area contributed by atoms with E-state index in [4.69, 9.17) is 5.11 Å². The third-order valence-corrected chi connectivity index (χ3v) is 12.5. The Morgan fingerprint density at radius 3 is 1.64 bits per heavy atom. The van der Waals surface area contributed by atoms with Crippen LogP contribution in [0.1, 0.15) is 95.7 Å². The Labute approximate surface area is 454 Å². The predicted molar refractivity (Wildman–Crippen MR) is 295 cm³/mol. The Hall–Kier alpha value is -10.2. The van der Waals surface area contributed by atoms with Crippen LogP contribution in [0.25, 0.3) is 23.8 Å². The van der Waals surface area contributed by atoms with Gasteiger partial charge in [-0.3, -0.25) is 38.7 Å². The van der Waals surface area contributed by atoms with Gasteiger partial charge >= 0.3 is 5.97 Å². The number of carboxylic acid groups (broad SMARTS) is 1. The second kappa shape index (κ2) is 26.2. The number of halogens is 4. The number of nitrogens with zero attached hydrogens (tertiary/aromatic N) is 4. The summed E-state index contributed by atoms with van der Waals surface area (Å²) in [6.45, 7) is 0.0526. The number of aromatic carboxylic acids is 1. The van der Waals surface area contributed by atoms with Crippen LogP contribution in [0.5, 0.6) is 0 Å². The number of hydrogen-bond donors (Lipinski definition) is 3. The fourth-order valence-corrected chi connectivity index (χ4v) is 8.47. The maximum Gasteiger partial charge on any atom is 0.337 e. The lowest BCUT2D eigenvalue weighted by atomic mass is 10.0. The number of nitrogens with one attached hydrogen (secondary N) is 2. The van der Waals surface area contributed by atoms with E-state index in [2.05, 4.69) is 20.6 Å². The number of anilines is 2. The van der Waals surface area contributed by atoms with E-state index in [-0.39, 0.29) is 66.0 Å². The van der Waals surface area contributed by atoms with Crippen LogP contribution in [-0.4, -0.2) is 53.6 Å². The average Bonchev–Trinajstić information content (AvgIpc) is 4.00. The molecule has 0 atom stereocenters. The number of amides is 2. The Morgan fingerprint density at radius 1 is 0.575 bits per heavy atom. The topological polar surface area (TPSA) is 199 Å². The lowest BCUT2D eigenvalue weighted by molar-refractivity contribution is -0.115. The highest BCUT2D eigenvalue weighted by Crippen LogP contribution is 2.34. The van der Waals surface area contributed by atoms with E-state index >= 15 is 0 Å². The summed E-state index contributed by atoms with van der Waals surface area (Å²) >= 11 is 0. The number of pyridine rings is 4. The zero-order chi connectivity index (χ0) is 56.7. The maximum atomic E-state index is 13.5. The van der Waals surface area contributed by atoms with Crippen LogP contribution in [0.3, 0.4) is 0 Å². The maximum absolute atomic E-state index is 13.5. The molecule has 14 nitrogen and oxygen atoms in total. The first-order chi connectivity index (χ1) is 38.6. The zero-order valence-corrected chi connectivity index (χ0v) is 42.5. The molecule has 2 amide bonds. The fraction of sp³-hybridized carbons (Fsp3) is 0.113. The van der Waals surface area contributed by atoms with Crippen molar-refractivity contribution in [3.05, 3.63) is 270 Å². The normalized spacial score (nSPS) is 12.7. The van der Waals surface area contributed by atoms with E-state index in [0.717, 1.165) is 57.8 Å². The summed E-state index contributed by atoms with van der Waals surface area (Å²) in [5.41, 5.74) is 6.65. The second-order valence-corrected chi connectivity index (χ2v) is 18.2. The minimum absolute atomic E-state index is 0.0189. The number of benzene rings is 4. The van der Waals surface area contributed by atoms with Crippen molar-refractivity contribution in [2.24, 2.45) is 0 Å². The highest BCUT2D eigenvalue weighted by Gasteiger charge is 2.24. The Bertz CT molecular complexity index is 3880. The van der Waals surface area contributed by atoms with Crippen LogP contribution in [-0.2, 0) is 29.1 Å². The largest absolute Gasteiger partial charge is 0.478 e. The van der Waals surface area contributed by atoms with Gasteiger partial charge in [0.1, 0.15) is 0 Å². The summed E-state index contributed by atoms with van der Waals surface area (Å²) in [5.74, 6) is -5.65. The van der Waals surface area contributed by atoms with Gasteiger partial charge in [-0.25, -0.2) is 22.4 Å². The molecule has 0 spiro atoms. The first-order valence-electron chi connectivity index (χ1n) is 24.9. The van der Waals surface area contributed by atoms with Gasteiger partial charge in [0.2, 0.25) is 5.91 Å². The molecule has 0 saturated carbocycles. The molecule has 0 bridgehead atoms. The number of Topliss-reactive ketones (excluding diaryl/α,β-unsaturated/α-hetero) is 2. The number of carbonyl (C=O) groups is 5. The zero-order valence-electron chi connectivity index (χ0n) is 42.5. The number of allylic oxidation sites excluding steroid dienone is 2. The highest BCUT2D eigenvalue weighted by atomic mass is 19.2. The number of hydrogen-bond acceptors (Lipinski definition) is 9. The molecule has 0 unspecified atom stereocenters. The lowest BCUT2D eigenvalue weighted by Crippen LogP contribution is -2.26. The van der Waals surface area contributed by atoms with Gasteiger partial charge in [-0.15, -0.1) is 0 Å². The predicted octanol–water partition coefficient (Wildman–Crippen LogP) is 10.9. The average molecular weight is 1080 g/mol. The summed E-state index contributed by atoms with van der Waals surface area (Å²) in [6.07, 6.45) is 19.9. The van der Waals surface area contributed by atoms with Gasteiger partial charge in [-0.05, 0) is 131 Å². The monoisotopic (exact) mass is 1080 g/mol. The minimum Gasteiger partial charge on any atom is -0.478 e. The van der Waals surface area contributed by atoms with E-state index in [0.29, 0.717) is 41.6 Å². The molecule has 0 fully saturated rings. The Morgan fingerprint density at radius 2 is 1.12 bits per heavy atom. The van der Waals surface area contributed by atoms with Gasteiger partial charge in [0.05, 0.1) is 36.2 Å². The highest BCUT2D eigenvalue weighted by molar-refractivity contribution is 6.35. The van der Waals surface area contributed by atoms with Crippen LogP contribution < -0.4 is 21.8 Å². The van der Waals surface area contributed by atoms with Crippen LogP contribution >= 0.6 is 0 Å². The third-order valence-electron chi connectivity index (χ3n) is 12.5. The molecule has 8 aromatic rings. The number of carboxylic acids is 1. The SMILES string of the molecule is O=C(O)c1cccnc1.O=C1Cc2ccc(/C=C/CCC(=O)c3cccn(Cc4ccc(F)c(F)c4)c3=O)cc2N1.O=C1Nc2cc(/C=C/CCC(=O)c3cccn(Cc4ccc(F)c(F)c4)c3=O)ccc2/C1=C\c1cccnc1. The molecule has 3 N–H and O–H groups in total. The van der Waals surface area contributed by atoms with Gasteiger partial charge in [0.15, 0.2) is 34.8 Å². The van der Waals surface area contributed by atoms with Crippen molar-refractivity contribution in [1.82, 2.24) is 19.1 Å². The van der Waals surface area contributed by atoms with E-state index in [1.54, 1.807) is 36.7 Å². The number of ketones is 2. The molecule has 2 aliphatic heterocycles. The number of rotatable bonds is 16. The molecular formula is C62H48F4N6O8. The molecule has 0 aliphatic carbocycles. The molecule has 0 saturated heterocycles. The van der Waals surface area contributed by atoms with Gasteiger partial charge in [-0.2, -0.15) is 0 Å².